The number of hydrogen-bond donors (Lipinski definition) is 2. The SMILES string of the molecule is CN(C)NC(=O)c1cc(N)ccc1N(C)C. The molecule has 0 spiro atoms. The summed E-state index contributed by atoms with van der Waals surface area (Å²) in [5.41, 5.74) is 10.4. The highest BCUT2D eigenvalue weighted by Gasteiger charge is 2.13. The first kappa shape index (κ1) is 12.3. The second-order valence-electron chi connectivity index (χ2n) is 4.01. The van der Waals surface area contributed by atoms with Crippen LogP contribution in [0.5, 0.6) is 0 Å². The largest absolute Gasteiger partial charge is 0.399 e. The van der Waals surface area contributed by atoms with Gasteiger partial charge in [-0.1, -0.05) is 0 Å². The summed E-state index contributed by atoms with van der Waals surface area (Å²) in [6.07, 6.45) is 0. The summed E-state index contributed by atoms with van der Waals surface area (Å²) in [6, 6.07) is 5.29. The van der Waals surface area contributed by atoms with Gasteiger partial charge in [0.25, 0.3) is 5.91 Å². The molecule has 88 valence electrons. The second kappa shape index (κ2) is 4.85. The van der Waals surface area contributed by atoms with Crippen LogP contribution in [0, 0.1) is 0 Å². The molecule has 0 aliphatic heterocycles. The number of nitrogens with zero attached hydrogens (tertiary/aromatic N) is 2. The number of amides is 1. The fraction of sp³-hybridized carbons (Fsp3) is 0.364. The van der Waals surface area contributed by atoms with E-state index in [1.54, 1.807) is 31.2 Å². The minimum Gasteiger partial charge on any atom is -0.399 e. The maximum atomic E-state index is 11.9. The zero-order valence-electron chi connectivity index (χ0n) is 10.1. The highest BCUT2D eigenvalue weighted by molar-refractivity contribution is 6.00. The molecule has 0 radical (unpaired) electrons. The van der Waals surface area contributed by atoms with Crippen molar-refractivity contribution in [3.63, 3.8) is 0 Å². The number of hydrogen-bond acceptors (Lipinski definition) is 4. The van der Waals surface area contributed by atoms with Gasteiger partial charge in [0.1, 0.15) is 0 Å². The van der Waals surface area contributed by atoms with Gasteiger partial charge in [0.15, 0.2) is 0 Å². The molecule has 0 fully saturated rings. The molecule has 16 heavy (non-hydrogen) atoms. The molecular weight excluding hydrogens is 204 g/mol. The third-order valence-electron chi connectivity index (χ3n) is 2.07. The van der Waals surface area contributed by atoms with Crippen molar-refractivity contribution in [2.45, 2.75) is 0 Å². The normalized spacial score (nSPS) is 10.3. The third kappa shape index (κ3) is 2.87. The van der Waals surface area contributed by atoms with Crippen LogP contribution in [0.15, 0.2) is 18.2 Å². The van der Waals surface area contributed by atoms with Gasteiger partial charge < -0.3 is 10.6 Å². The Morgan fingerprint density at radius 3 is 2.38 bits per heavy atom. The van der Waals surface area contributed by atoms with Crippen LogP contribution in [0.1, 0.15) is 10.4 Å². The highest BCUT2D eigenvalue weighted by atomic mass is 16.2. The number of carbonyl (C=O) groups is 1. The van der Waals surface area contributed by atoms with Crippen molar-refractivity contribution in [2.75, 3.05) is 38.8 Å². The minimum atomic E-state index is -0.166. The first-order chi connectivity index (χ1) is 7.41. The topological polar surface area (TPSA) is 61.6 Å². The summed E-state index contributed by atoms with van der Waals surface area (Å²) >= 11 is 0. The lowest BCUT2D eigenvalue weighted by atomic mass is 10.1. The molecule has 0 aliphatic carbocycles. The van der Waals surface area contributed by atoms with E-state index in [1.165, 1.54) is 0 Å². The molecule has 5 heteroatoms. The number of anilines is 2. The van der Waals surface area contributed by atoms with Crippen molar-refractivity contribution in [3.8, 4) is 0 Å². The standard InChI is InChI=1S/C11H18N4O/c1-14(2)10-6-5-8(12)7-9(10)11(16)13-15(3)4/h5-7H,12H2,1-4H3,(H,13,16). The van der Waals surface area contributed by atoms with Gasteiger partial charge in [-0.2, -0.15) is 0 Å². The van der Waals surface area contributed by atoms with Gasteiger partial charge in [-0.05, 0) is 18.2 Å². The van der Waals surface area contributed by atoms with Crippen molar-refractivity contribution in [3.05, 3.63) is 23.8 Å². The second-order valence-corrected chi connectivity index (χ2v) is 4.01. The van der Waals surface area contributed by atoms with Crippen LogP contribution >= 0.6 is 0 Å². The van der Waals surface area contributed by atoms with Crippen molar-refractivity contribution < 1.29 is 4.79 Å². The molecule has 5 nitrogen and oxygen atoms in total. The fourth-order valence-electron chi connectivity index (χ4n) is 1.39. The van der Waals surface area contributed by atoms with E-state index in [2.05, 4.69) is 5.43 Å². The molecule has 1 rings (SSSR count). The van der Waals surface area contributed by atoms with Gasteiger partial charge in [-0.25, -0.2) is 5.01 Å². The Morgan fingerprint density at radius 1 is 1.25 bits per heavy atom. The van der Waals surface area contributed by atoms with E-state index < -0.39 is 0 Å². The Bertz CT molecular complexity index is 388. The minimum absolute atomic E-state index is 0.166. The number of nitrogen functional groups attached to an aromatic ring is 1. The van der Waals surface area contributed by atoms with Crippen LogP contribution < -0.4 is 16.1 Å². The van der Waals surface area contributed by atoms with Crippen molar-refractivity contribution in [1.82, 2.24) is 10.4 Å². The van der Waals surface area contributed by atoms with E-state index in [4.69, 9.17) is 5.73 Å². The number of nitrogens with two attached hydrogens (primary N) is 1. The number of nitrogens with one attached hydrogen (secondary N) is 1. The molecule has 0 bridgehead atoms. The zero-order valence-corrected chi connectivity index (χ0v) is 10.1. The predicted octanol–water partition coefficient (Wildman–Crippen LogP) is 0.541. The van der Waals surface area contributed by atoms with Gasteiger partial charge >= 0.3 is 0 Å². The summed E-state index contributed by atoms with van der Waals surface area (Å²) in [5.74, 6) is -0.166. The molecule has 0 aliphatic rings. The maximum absolute atomic E-state index is 11.9. The lowest BCUT2D eigenvalue weighted by molar-refractivity contribution is 0.0857. The monoisotopic (exact) mass is 222 g/mol. The van der Waals surface area contributed by atoms with E-state index in [-0.39, 0.29) is 5.91 Å². The van der Waals surface area contributed by atoms with Crippen LogP contribution in [0.25, 0.3) is 0 Å². The summed E-state index contributed by atoms with van der Waals surface area (Å²) < 4.78 is 0. The van der Waals surface area contributed by atoms with Crippen LogP contribution in [-0.2, 0) is 0 Å². The van der Waals surface area contributed by atoms with E-state index in [9.17, 15) is 4.79 Å². The number of rotatable bonds is 3. The van der Waals surface area contributed by atoms with Crippen LogP contribution in [-0.4, -0.2) is 39.1 Å². The molecule has 0 saturated carbocycles. The average molecular weight is 222 g/mol. The zero-order chi connectivity index (χ0) is 12.3. The number of hydrazine groups is 1. The van der Waals surface area contributed by atoms with Crippen molar-refractivity contribution in [2.24, 2.45) is 0 Å². The average Bonchev–Trinajstić information content (AvgIpc) is 2.15. The predicted molar refractivity (Wildman–Crippen MR) is 66.3 cm³/mol. The molecule has 1 aromatic rings. The molecule has 3 N–H and O–H groups in total. The van der Waals surface area contributed by atoms with Gasteiger partial charge in [0, 0.05) is 39.6 Å². The molecule has 0 atom stereocenters. The van der Waals surface area contributed by atoms with Crippen LogP contribution in [0.4, 0.5) is 11.4 Å². The third-order valence-corrected chi connectivity index (χ3v) is 2.07. The molecular formula is C11H18N4O. The molecule has 1 aromatic carbocycles. The van der Waals surface area contributed by atoms with Gasteiger partial charge in [0.2, 0.25) is 0 Å². The highest BCUT2D eigenvalue weighted by Crippen LogP contribution is 2.21. The van der Waals surface area contributed by atoms with E-state index in [0.717, 1.165) is 5.69 Å². The van der Waals surface area contributed by atoms with Crippen molar-refractivity contribution in [1.29, 1.82) is 0 Å². The Balaban J connectivity index is 3.09. The van der Waals surface area contributed by atoms with Gasteiger partial charge in [0.05, 0.1) is 5.56 Å². The van der Waals surface area contributed by atoms with E-state index >= 15 is 0 Å². The van der Waals surface area contributed by atoms with Crippen LogP contribution in [0.2, 0.25) is 0 Å². The quantitative estimate of drug-likeness (QED) is 0.579. The molecule has 1 amide bonds. The van der Waals surface area contributed by atoms with Crippen LogP contribution in [0.3, 0.4) is 0 Å². The van der Waals surface area contributed by atoms with Gasteiger partial charge in [-0.15, -0.1) is 0 Å². The summed E-state index contributed by atoms with van der Waals surface area (Å²) in [4.78, 5) is 13.8. The summed E-state index contributed by atoms with van der Waals surface area (Å²) in [5, 5.41) is 1.60. The molecule has 0 saturated heterocycles. The maximum Gasteiger partial charge on any atom is 0.267 e. The number of carbonyl (C=O) groups excluding carboxylic acids is 1. The Labute approximate surface area is 95.8 Å². The number of benzene rings is 1. The Hall–Kier alpha value is -1.75. The smallest absolute Gasteiger partial charge is 0.267 e. The summed E-state index contributed by atoms with van der Waals surface area (Å²) in [6.45, 7) is 0. The molecule has 0 aromatic heterocycles. The fourth-order valence-corrected chi connectivity index (χ4v) is 1.39. The Morgan fingerprint density at radius 2 is 1.88 bits per heavy atom. The summed E-state index contributed by atoms with van der Waals surface area (Å²) in [7, 11) is 7.30. The first-order valence-electron chi connectivity index (χ1n) is 4.97. The first-order valence-corrected chi connectivity index (χ1v) is 4.97. The van der Waals surface area contributed by atoms with Gasteiger partial charge in [-0.3, -0.25) is 10.2 Å². The lowest BCUT2D eigenvalue weighted by Gasteiger charge is -2.19. The van der Waals surface area contributed by atoms with Crippen molar-refractivity contribution >= 4 is 17.3 Å². The lowest BCUT2D eigenvalue weighted by Crippen LogP contribution is -2.36. The Kier molecular flexibility index (Phi) is 3.73. The molecule has 0 heterocycles. The van der Waals surface area contributed by atoms with E-state index in [0.29, 0.717) is 11.3 Å². The van der Waals surface area contributed by atoms with E-state index in [1.807, 2.05) is 25.1 Å². The molecule has 0 unspecified atom stereocenters.